The van der Waals surface area contributed by atoms with Crippen LogP contribution in [0.4, 0.5) is 4.39 Å². The molecule has 1 saturated heterocycles. The minimum atomic E-state index is -1.12. The highest BCUT2D eigenvalue weighted by atomic mass is 19.1. The zero-order valence-electron chi connectivity index (χ0n) is 8.67. The summed E-state index contributed by atoms with van der Waals surface area (Å²) in [6.45, 7) is -0.405. The molecule has 1 aliphatic rings. The SMILES string of the molecule is O=c1[15nH][13c](=O)[15n]([C@H]2C[C@H](O)[C@@H](CO)O2)cc1F. The molecular weight excluding hydrogens is 238 g/mol. The number of nitrogens with zero attached hydrogens (tertiary/aromatic N) is 1. The van der Waals surface area contributed by atoms with E-state index in [0.29, 0.717) is 0 Å². The summed E-state index contributed by atoms with van der Waals surface area (Å²) in [5, 5.41) is 18.3. The Morgan fingerprint density at radius 2 is 2.29 bits per heavy atom. The summed E-state index contributed by atoms with van der Waals surface area (Å²) >= 11 is 0. The Hall–Kier alpha value is -1.51. The lowest BCUT2D eigenvalue weighted by atomic mass is 10.2. The first-order chi connectivity index (χ1) is 8.02. The number of ether oxygens (including phenoxy) is 1. The number of nitrogens with one attached hydrogen (secondary N) is 1. The zero-order chi connectivity index (χ0) is 12.6. The van der Waals surface area contributed by atoms with Crippen LogP contribution in [0.2, 0.25) is 0 Å². The molecule has 0 bridgehead atoms. The van der Waals surface area contributed by atoms with Crippen LogP contribution in [0.15, 0.2) is 15.8 Å². The Morgan fingerprint density at radius 1 is 1.59 bits per heavy atom. The minimum absolute atomic E-state index is 0.0383. The van der Waals surface area contributed by atoms with E-state index in [-0.39, 0.29) is 6.42 Å². The lowest BCUT2D eigenvalue weighted by Gasteiger charge is -2.13. The molecule has 3 atom stereocenters. The van der Waals surface area contributed by atoms with Crippen LogP contribution in [-0.4, -0.2) is 38.6 Å². The van der Waals surface area contributed by atoms with E-state index in [9.17, 15) is 19.1 Å². The number of aliphatic hydroxyl groups excluding tert-OH is 2. The van der Waals surface area contributed by atoms with Crippen molar-refractivity contribution in [2.24, 2.45) is 0 Å². The van der Waals surface area contributed by atoms with E-state index in [1.165, 1.54) is 0 Å². The van der Waals surface area contributed by atoms with Crippen LogP contribution in [0.3, 0.4) is 0 Å². The fraction of sp³-hybridized carbons (Fsp3) is 0.556. The minimum Gasteiger partial charge on any atom is -0.394 e. The van der Waals surface area contributed by atoms with Crippen LogP contribution >= 0.6 is 0 Å². The molecule has 0 unspecified atom stereocenters. The molecule has 1 aliphatic heterocycles. The van der Waals surface area contributed by atoms with Gasteiger partial charge in [0, 0.05) is 6.42 Å². The van der Waals surface area contributed by atoms with Gasteiger partial charge in [-0.1, -0.05) is 0 Å². The molecule has 1 aromatic rings. The van der Waals surface area contributed by atoms with E-state index < -0.39 is 42.1 Å². The third kappa shape index (κ3) is 2.14. The van der Waals surface area contributed by atoms with Crippen LogP contribution in [0.25, 0.3) is 0 Å². The molecule has 1 fully saturated rings. The van der Waals surface area contributed by atoms with Gasteiger partial charge < -0.3 is 14.9 Å². The molecule has 0 radical (unpaired) electrons. The molecule has 94 valence electrons. The van der Waals surface area contributed by atoms with Gasteiger partial charge in [-0.2, -0.15) is 4.39 Å². The highest BCUT2D eigenvalue weighted by Crippen LogP contribution is 2.26. The lowest BCUT2D eigenvalue weighted by molar-refractivity contribution is -0.0462. The predicted molar refractivity (Wildman–Crippen MR) is 52.9 cm³/mol. The number of halogens is 1. The number of aromatic nitrogens is 2. The second kappa shape index (κ2) is 4.40. The maximum atomic E-state index is 13.0. The van der Waals surface area contributed by atoms with Crippen molar-refractivity contribution in [2.45, 2.75) is 24.9 Å². The molecule has 2 heterocycles. The summed E-state index contributed by atoms with van der Waals surface area (Å²) in [5.41, 5.74) is -1.93. The van der Waals surface area contributed by atoms with Gasteiger partial charge in [0.05, 0.1) is 18.9 Å². The van der Waals surface area contributed by atoms with Crippen molar-refractivity contribution in [3.05, 3.63) is 32.9 Å². The fourth-order valence-corrected chi connectivity index (χ4v) is 1.72. The van der Waals surface area contributed by atoms with Crippen molar-refractivity contribution < 1.29 is 19.3 Å². The number of aromatic amines is 1. The Bertz CT molecular complexity index is 525. The van der Waals surface area contributed by atoms with Crippen molar-refractivity contribution in [1.29, 1.82) is 0 Å². The molecule has 2 rings (SSSR count). The second-order valence-corrected chi connectivity index (χ2v) is 3.76. The average Bonchev–Trinajstić information content (AvgIpc) is 2.65. The van der Waals surface area contributed by atoms with Crippen LogP contribution in [-0.2, 0) is 4.74 Å². The van der Waals surface area contributed by atoms with Crippen LogP contribution < -0.4 is 11.2 Å². The molecule has 8 heteroatoms. The Labute approximate surface area is 94.1 Å². The first kappa shape index (κ1) is 12.0. The van der Waals surface area contributed by atoms with Gasteiger partial charge in [-0.05, 0) is 0 Å². The third-order valence-corrected chi connectivity index (χ3v) is 2.62. The Balaban J connectivity index is 2.34. The van der Waals surface area contributed by atoms with E-state index in [4.69, 9.17) is 9.84 Å². The first-order valence-corrected chi connectivity index (χ1v) is 4.98. The van der Waals surface area contributed by atoms with Gasteiger partial charge in [0.15, 0.2) is 0 Å². The molecule has 0 spiro atoms. The van der Waals surface area contributed by atoms with Crippen LogP contribution in [0.5, 0.6) is 0 Å². The van der Waals surface area contributed by atoms with Crippen molar-refractivity contribution in [3.63, 3.8) is 0 Å². The van der Waals surface area contributed by atoms with Gasteiger partial charge in [0.2, 0.25) is 5.82 Å². The Kier molecular flexibility index (Phi) is 3.09. The van der Waals surface area contributed by atoms with Gasteiger partial charge in [-0.15, -0.1) is 0 Å². The number of aliphatic hydroxyl groups is 2. The van der Waals surface area contributed by atoms with E-state index >= 15 is 0 Å². The molecule has 7 nitrogen and oxygen atoms in total. The van der Waals surface area contributed by atoms with Crippen molar-refractivity contribution in [2.75, 3.05) is 6.61 Å². The monoisotopic (exact) mass is 249 g/mol. The molecule has 3 N–H and O–H groups in total. The predicted octanol–water partition coefficient (Wildman–Crippen LogP) is -1.68. The summed E-state index contributed by atoms with van der Waals surface area (Å²) in [6, 6.07) is 0. The third-order valence-electron chi connectivity index (χ3n) is 2.62. The maximum absolute atomic E-state index is 13.0. The van der Waals surface area contributed by atoms with E-state index in [2.05, 4.69) is 0 Å². The molecule has 1 aromatic heterocycles. The lowest BCUT2D eigenvalue weighted by Crippen LogP contribution is -2.34. The second-order valence-electron chi connectivity index (χ2n) is 3.76. The van der Waals surface area contributed by atoms with Gasteiger partial charge in [0.1, 0.15) is 12.3 Å². The number of hydrogen-bond acceptors (Lipinski definition) is 5. The smallest absolute Gasteiger partial charge is 0.330 e. The average molecular weight is 249 g/mol. The number of rotatable bonds is 2. The molecule has 0 saturated carbocycles. The standard InChI is InChI=1S/C9H11FN2O5/c10-4-2-12(9(16)11-8(4)15)7-1-5(14)6(3-13)17-7/h2,5-7,13-14H,1,3H2,(H,11,15,16)/t5-,6+,7+/m0/s1/i9+1,11+1,12+1. The van der Waals surface area contributed by atoms with Gasteiger partial charge in [-0.25, -0.2) is 4.79 Å². The normalized spacial score (nSPS) is 28.5. The summed E-state index contributed by atoms with van der Waals surface area (Å²) in [4.78, 5) is 24.0. The quantitative estimate of drug-likeness (QED) is 0.580. The summed E-state index contributed by atoms with van der Waals surface area (Å²) in [6.07, 6.45) is -1.90. The molecular formula is C9H11FN2O5. The van der Waals surface area contributed by atoms with E-state index in [1.807, 2.05) is 0 Å². The van der Waals surface area contributed by atoms with Gasteiger partial charge in [-0.3, -0.25) is 14.3 Å². The molecule has 17 heavy (non-hydrogen) atoms. The molecule has 0 amide bonds. The highest BCUT2D eigenvalue weighted by molar-refractivity contribution is 4.90. The van der Waals surface area contributed by atoms with Crippen LogP contribution in [0, 0.1) is 5.82 Å². The largest absolute Gasteiger partial charge is 0.394 e. The first-order valence-electron chi connectivity index (χ1n) is 4.98. The summed E-state index contributed by atoms with van der Waals surface area (Å²) in [5.74, 6) is -1.12. The van der Waals surface area contributed by atoms with Crippen molar-refractivity contribution in [1.82, 2.24) is 9.55 Å². The van der Waals surface area contributed by atoms with E-state index in [0.717, 1.165) is 10.8 Å². The highest BCUT2D eigenvalue weighted by Gasteiger charge is 2.35. The van der Waals surface area contributed by atoms with E-state index in [1.54, 1.807) is 4.98 Å². The topological polar surface area (TPSA) is 105 Å². The maximum Gasteiger partial charge on any atom is 0.330 e. The Morgan fingerprint density at radius 3 is 2.88 bits per heavy atom. The van der Waals surface area contributed by atoms with Crippen molar-refractivity contribution >= 4 is 0 Å². The van der Waals surface area contributed by atoms with Crippen LogP contribution in [0.1, 0.15) is 12.6 Å². The van der Waals surface area contributed by atoms with Gasteiger partial charge in [0.25, 0.3) is 5.56 Å². The summed E-state index contributed by atoms with van der Waals surface area (Å²) in [7, 11) is 0. The van der Waals surface area contributed by atoms with Gasteiger partial charge >= 0.3 is 5.69 Å². The summed E-state index contributed by atoms with van der Waals surface area (Å²) < 4.78 is 19.0. The molecule has 0 aliphatic carbocycles. The number of hydrogen-bond donors (Lipinski definition) is 3. The fourth-order valence-electron chi connectivity index (χ4n) is 1.72. The number of H-pyrrole nitrogens is 1. The molecule has 0 aromatic carbocycles. The van der Waals surface area contributed by atoms with Crippen molar-refractivity contribution in [3.8, 4) is 0 Å². The zero-order valence-corrected chi connectivity index (χ0v) is 8.67.